The molecule has 1 aromatic heterocycles. The summed E-state index contributed by atoms with van der Waals surface area (Å²) in [6, 6.07) is 9.86. The minimum Gasteiger partial charge on any atom is -0.301 e. The summed E-state index contributed by atoms with van der Waals surface area (Å²) < 4.78 is 2.29. The fourth-order valence-corrected chi connectivity index (χ4v) is 3.70. The van der Waals surface area contributed by atoms with Crippen molar-refractivity contribution in [2.24, 2.45) is 12.5 Å². The van der Waals surface area contributed by atoms with Crippen LogP contribution in [0.15, 0.2) is 34.0 Å². The van der Waals surface area contributed by atoms with Crippen molar-refractivity contribution in [2.75, 3.05) is 6.26 Å². The van der Waals surface area contributed by atoms with Crippen LogP contribution in [0.25, 0.3) is 11.6 Å². The lowest BCUT2D eigenvalue weighted by atomic mass is 9.87. The molecule has 0 unspecified atom stereocenters. The predicted octanol–water partition coefficient (Wildman–Crippen LogP) is 2.29. The van der Waals surface area contributed by atoms with Gasteiger partial charge in [-0.3, -0.25) is 9.59 Å². The van der Waals surface area contributed by atoms with E-state index < -0.39 is 5.41 Å². The summed E-state index contributed by atoms with van der Waals surface area (Å²) in [5.74, 6) is -0.261. The Kier molecular flexibility index (Phi) is 5.71. The van der Waals surface area contributed by atoms with Crippen LogP contribution < -0.4 is 14.8 Å². The molecule has 0 saturated heterocycles. The summed E-state index contributed by atoms with van der Waals surface area (Å²) in [5, 5.41) is 9.46. The molecule has 25 heavy (non-hydrogen) atoms. The molecule has 2 aromatic rings. The zero-order valence-electron chi connectivity index (χ0n) is 14.9. The van der Waals surface area contributed by atoms with Crippen LogP contribution in [-0.2, 0) is 11.8 Å². The van der Waals surface area contributed by atoms with E-state index in [-0.39, 0.29) is 16.9 Å². The number of thioether (sulfide) groups is 1. The molecule has 0 radical (unpaired) electrons. The molecule has 1 aromatic carbocycles. The first-order chi connectivity index (χ1) is 11.7. The quantitative estimate of drug-likeness (QED) is 0.776. The van der Waals surface area contributed by atoms with E-state index in [1.165, 1.54) is 15.9 Å². The van der Waals surface area contributed by atoms with Gasteiger partial charge in [0.15, 0.2) is 5.78 Å². The van der Waals surface area contributed by atoms with Crippen LogP contribution in [0.4, 0.5) is 0 Å². The second-order valence-corrected chi connectivity index (χ2v) is 8.53. The topological polar surface area (TPSA) is 62.9 Å². The summed E-state index contributed by atoms with van der Waals surface area (Å²) in [6.07, 6.45) is 3.79. The lowest BCUT2D eigenvalue weighted by Crippen LogP contribution is -2.32. The highest BCUT2D eigenvalue weighted by Crippen LogP contribution is 2.19. The van der Waals surface area contributed by atoms with E-state index in [1.807, 2.05) is 36.6 Å². The van der Waals surface area contributed by atoms with E-state index in [0.29, 0.717) is 9.20 Å². The Balaban J connectivity index is 2.69. The Hall–Kier alpha value is -2.10. The second-order valence-electron chi connectivity index (χ2n) is 6.62. The number of hydrogen-bond acceptors (Lipinski definition) is 5. The van der Waals surface area contributed by atoms with Gasteiger partial charge >= 0.3 is 0 Å². The number of carbonyl (C=O) groups is 1. The SMILES string of the molecule is CSc1ccc(C=c2sc(=C(C#N)C(=O)C(C)(C)C)n(C)c2=O)cc1. The van der Waals surface area contributed by atoms with Gasteiger partial charge in [-0.25, -0.2) is 0 Å². The molecule has 2 rings (SSSR count). The maximum Gasteiger partial charge on any atom is 0.268 e. The van der Waals surface area contributed by atoms with Gasteiger partial charge in [0.2, 0.25) is 0 Å². The summed E-state index contributed by atoms with van der Waals surface area (Å²) in [7, 11) is 1.59. The van der Waals surface area contributed by atoms with Crippen LogP contribution >= 0.6 is 23.1 Å². The number of hydrogen-bond donors (Lipinski definition) is 0. The molecule has 1 heterocycles. The van der Waals surface area contributed by atoms with Crippen molar-refractivity contribution in [1.29, 1.82) is 5.26 Å². The minimum atomic E-state index is -0.678. The monoisotopic (exact) mass is 372 g/mol. The molecular weight excluding hydrogens is 352 g/mol. The number of Topliss-reactive ketones (excluding diaryl/α,β-unsaturated/α-hetero) is 1. The van der Waals surface area contributed by atoms with Gasteiger partial charge in [0.1, 0.15) is 16.3 Å². The Morgan fingerprint density at radius 2 is 1.88 bits per heavy atom. The molecule has 0 aliphatic heterocycles. The number of nitrogens with zero attached hydrogens (tertiary/aromatic N) is 2. The first-order valence-electron chi connectivity index (χ1n) is 7.70. The minimum absolute atomic E-state index is 0.0366. The van der Waals surface area contributed by atoms with Gasteiger partial charge in [-0.2, -0.15) is 5.26 Å². The number of rotatable bonds is 3. The highest BCUT2D eigenvalue weighted by molar-refractivity contribution is 7.98. The van der Waals surface area contributed by atoms with Crippen LogP contribution in [0.5, 0.6) is 0 Å². The predicted molar refractivity (Wildman–Crippen MR) is 104 cm³/mol. The van der Waals surface area contributed by atoms with Crippen LogP contribution in [0.1, 0.15) is 26.3 Å². The van der Waals surface area contributed by atoms with E-state index in [9.17, 15) is 14.9 Å². The number of nitriles is 1. The number of aromatic nitrogens is 1. The lowest BCUT2D eigenvalue weighted by molar-refractivity contribution is -0.120. The highest BCUT2D eigenvalue weighted by atomic mass is 32.2. The molecule has 0 atom stereocenters. The first-order valence-corrected chi connectivity index (χ1v) is 9.74. The van der Waals surface area contributed by atoms with Gasteiger partial charge < -0.3 is 4.57 Å². The molecule has 4 nitrogen and oxygen atoms in total. The molecule has 0 saturated carbocycles. The molecule has 0 aliphatic carbocycles. The van der Waals surface area contributed by atoms with Crippen LogP contribution in [0.3, 0.4) is 0 Å². The summed E-state index contributed by atoms with van der Waals surface area (Å²) >= 11 is 2.83. The van der Waals surface area contributed by atoms with E-state index in [4.69, 9.17) is 0 Å². The van der Waals surface area contributed by atoms with E-state index in [1.54, 1.807) is 45.7 Å². The van der Waals surface area contributed by atoms with Crippen molar-refractivity contribution in [2.45, 2.75) is 25.7 Å². The third-order valence-electron chi connectivity index (χ3n) is 3.67. The smallest absolute Gasteiger partial charge is 0.268 e. The Morgan fingerprint density at radius 1 is 1.28 bits per heavy atom. The molecule has 0 N–H and O–H groups in total. The molecule has 6 heteroatoms. The van der Waals surface area contributed by atoms with Gasteiger partial charge in [0.05, 0.1) is 4.53 Å². The van der Waals surface area contributed by atoms with Crippen LogP contribution in [0, 0.1) is 16.7 Å². The summed E-state index contributed by atoms with van der Waals surface area (Å²) in [6.45, 7) is 5.29. The number of thiazole rings is 1. The Bertz CT molecular complexity index is 1010. The molecule has 0 amide bonds. The maximum absolute atomic E-state index is 12.5. The van der Waals surface area contributed by atoms with Gasteiger partial charge in [-0.1, -0.05) is 32.9 Å². The van der Waals surface area contributed by atoms with Crippen molar-refractivity contribution in [3.8, 4) is 6.07 Å². The van der Waals surface area contributed by atoms with Gasteiger partial charge in [0, 0.05) is 17.4 Å². The van der Waals surface area contributed by atoms with Crippen molar-refractivity contribution in [1.82, 2.24) is 4.57 Å². The summed E-state index contributed by atoms with van der Waals surface area (Å²) in [5.41, 5.74) is 0.0599. The number of benzene rings is 1. The Labute approximate surface area is 155 Å². The third kappa shape index (κ3) is 4.12. The molecule has 0 aliphatic rings. The maximum atomic E-state index is 12.5. The lowest BCUT2D eigenvalue weighted by Gasteiger charge is -2.15. The standard InChI is InChI=1S/C19H20N2O2S2/c1-19(2,3)16(22)14(11-20)18-21(4)17(23)15(25-18)10-12-6-8-13(24-5)9-7-12/h6-10H,1-5H3. The average Bonchev–Trinajstić information content (AvgIpc) is 2.84. The first kappa shape index (κ1) is 19.2. The van der Waals surface area contributed by atoms with Gasteiger partial charge in [-0.05, 0) is 30.0 Å². The van der Waals surface area contributed by atoms with E-state index >= 15 is 0 Å². The zero-order valence-corrected chi connectivity index (χ0v) is 16.5. The normalized spacial score (nSPS) is 13.5. The van der Waals surface area contributed by atoms with Crippen molar-refractivity contribution in [3.63, 3.8) is 0 Å². The molecule has 0 bridgehead atoms. The van der Waals surface area contributed by atoms with E-state index in [2.05, 4.69) is 0 Å². The van der Waals surface area contributed by atoms with Crippen molar-refractivity contribution >= 4 is 40.5 Å². The van der Waals surface area contributed by atoms with E-state index in [0.717, 1.165) is 10.5 Å². The fourth-order valence-electron chi connectivity index (χ4n) is 2.21. The largest absolute Gasteiger partial charge is 0.301 e. The molecule has 0 spiro atoms. The third-order valence-corrected chi connectivity index (χ3v) is 5.60. The summed E-state index contributed by atoms with van der Waals surface area (Å²) in [4.78, 5) is 26.2. The zero-order chi connectivity index (χ0) is 18.8. The van der Waals surface area contributed by atoms with Gasteiger partial charge in [0.25, 0.3) is 5.56 Å². The molecule has 130 valence electrons. The van der Waals surface area contributed by atoms with Crippen molar-refractivity contribution in [3.05, 3.63) is 49.4 Å². The second kappa shape index (κ2) is 7.42. The fraction of sp³-hybridized carbons (Fsp3) is 0.316. The van der Waals surface area contributed by atoms with Crippen LogP contribution in [-0.4, -0.2) is 16.6 Å². The van der Waals surface area contributed by atoms with Crippen LogP contribution in [0.2, 0.25) is 0 Å². The number of ketones is 1. The highest BCUT2D eigenvalue weighted by Gasteiger charge is 2.26. The molecule has 0 fully saturated rings. The number of carbonyl (C=O) groups excluding carboxylic acids is 1. The average molecular weight is 373 g/mol. The van der Waals surface area contributed by atoms with Gasteiger partial charge in [-0.15, -0.1) is 23.1 Å². The van der Waals surface area contributed by atoms with Crippen molar-refractivity contribution < 1.29 is 4.79 Å². The molecular formula is C19H20N2O2S2. The Morgan fingerprint density at radius 3 is 2.36 bits per heavy atom.